The monoisotopic (exact) mass is 220 g/mol. The molecule has 3 nitrogen and oxygen atoms in total. The molecule has 2 heterocycles. The first-order valence-corrected chi connectivity index (χ1v) is 5.66. The van der Waals surface area contributed by atoms with Crippen LogP contribution in [-0.4, -0.2) is 21.2 Å². The number of rotatable bonds is 3. The third-order valence-corrected chi connectivity index (χ3v) is 2.92. The van der Waals surface area contributed by atoms with Crippen molar-refractivity contribution in [2.45, 2.75) is 19.4 Å². The fraction of sp³-hybridized carbons (Fsp3) is 0.273. The lowest BCUT2D eigenvalue weighted by molar-refractivity contribution is 0.194. The SMILES string of the molecule is CC(O)Cc1csc(-c2ccncc2)n1. The summed E-state index contributed by atoms with van der Waals surface area (Å²) in [6.45, 7) is 1.77. The van der Waals surface area contributed by atoms with Gasteiger partial charge in [-0.3, -0.25) is 4.98 Å². The van der Waals surface area contributed by atoms with Crippen molar-refractivity contribution >= 4 is 11.3 Å². The molecule has 15 heavy (non-hydrogen) atoms. The Labute approximate surface area is 92.5 Å². The molecule has 0 aromatic carbocycles. The van der Waals surface area contributed by atoms with Crippen molar-refractivity contribution < 1.29 is 5.11 Å². The molecular formula is C11H12N2OS. The molecule has 0 saturated carbocycles. The second-order valence-electron chi connectivity index (χ2n) is 3.43. The van der Waals surface area contributed by atoms with Gasteiger partial charge in [-0.15, -0.1) is 11.3 Å². The Morgan fingerprint density at radius 3 is 2.80 bits per heavy atom. The van der Waals surface area contributed by atoms with Crippen LogP contribution in [0, 0.1) is 0 Å². The van der Waals surface area contributed by atoms with Crippen molar-refractivity contribution in [1.82, 2.24) is 9.97 Å². The van der Waals surface area contributed by atoms with Gasteiger partial charge in [-0.1, -0.05) is 0 Å². The van der Waals surface area contributed by atoms with Gasteiger partial charge >= 0.3 is 0 Å². The summed E-state index contributed by atoms with van der Waals surface area (Å²) in [5.74, 6) is 0. The predicted octanol–water partition coefficient (Wildman–Crippen LogP) is 2.13. The van der Waals surface area contributed by atoms with Crippen LogP contribution in [-0.2, 0) is 6.42 Å². The maximum Gasteiger partial charge on any atom is 0.123 e. The number of aromatic nitrogens is 2. The lowest BCUT2D eigenvalue weighted by Gasteiger charge is -1.98. The van der Waals surface area contributed by atoms with E-state index in [2.05, 4.69) is 9.97 Å². The lowest BCUT2D eigenvalue weighted by atomic mass is 10.2. The summed E-state index contributed by atoms with van der Waals surface area (Å²) in [4.78, 5) is 8.41. The Morgan fingerprint density at radius 2 is 2.13 bits per heavy atom. The van der Waals surface area contributed by atoms with Gasteiger partial charge in [-0.05, 0) is 19.1 Å². The van der Waals surface area contributed by atoms with Gasteiger partial charge in [-0.2, -0.15) is 0 Å². The van der Waals surface area contributed by atoms with E-state index in [1.165, 1.54) is 0 Å². The van der Waals surface area contributed by atoms with Crippen LogP contribution in [0.15, 0.2) is 29.9 Å². The van der Waals surface area contributed by atoms with Crippen molar-refractivity contribution in [3.8, 4) is 10.6 Å². The number of aliphatic hydroxyl groups excluding tert-OH is 1. The predicted molar refractivity (Wildman–Crippen MR) is 60.7 cm³/mol. The normalized spacial score (nSPS) is 12.7. The van der Waals surface area contributed by atoms with Crippen LogP contribution in [0.2, 0.25) is 0 Å². The highest BCUT2D eigenvalue weighted by atomic mass is 32.1. The lowest BCUT2D eigenvalue weighted by Crippen LogP contribution is -2.04. The molecule has 78 valence electrons. The Morgan fingerprint density at radius 1 is 1.40 bits per heavy atom. The molecule has 2 aromatic heterocycles. The Balaban J connectivity index is 2.21. The molecule has 0 bridgehead atoms. The molecule has 0 radical (unpaired) electrons. The van der Waals surface area contributed by atoms with E-state index in [0.29, 0.717) is 6.42 Å². The smallest absolute Gasteiger partial charge is 0.123 e. The molecule has 0 aliphatic rings. The minimum atomic E-state index is -0.336. The van der Waals surface area contributed by atoms with Gasteiger partial charge in [0.15, 0.2) is 0 Å². The van der Waals surface area contributed by atoms with Crippen LogP contribution in [0.5, 0.6) is 0 Å². The minimum absolute atomic E-state index is 0.336. The van der Waals surface area contributed by atoms with Crippen LogP contribution in [0.4, 0.5) is 0 Å². The average molecular weight is 220 g/mol. The van der Waals surface area contributed by atoms with Gasteiger partial charge in [0.2, 0.25) is 0 Å². The van der Waals surface area contributed by atoms with Crippen LogP contribution < -0.4 is 0 Å². The highest BCUT2D eigenvalue weighted by Crippen LogP contribution is 2.23. The van der Waals surface area contributed by atoms with Crippen LogP contribution in [0.25, 0.3) is 10.6 Å². The van der Waals surface area contributed by atoms with E-state index in [1.807, 2.05) is 17.5 Å². The highest BCUT2D eigenvalue weighted by Gasteiger charge is 2.06. The maximum atomic E-state index is 9.24. The van der Waals surface area contributed by atoms with E-state index >= 15 is 0 Å². The summed E-state index contributed by atoms with van der Waals surface area (Å²) in [6.07, 6.45) is 3.79. The van der Waals surface area contributed by atoms with E-state index in [-0.39, 0.29) is 6.10 Å². The number of thiazole rings is 1. The summed E-state index contributed by atoms with van der Waals surface area (Å²) in [5, 5.41) is 12.2. The van der Waals surface area contributed by atoms with Crippen molar-refractivity contribution in [3.05, 3.63) is 35.6 Å². The average Bonchev–Trinajstić information content (AvgIpc) is 2.67. The zero-order valence-electron chi connectivity index (χ0n) is 8.42. The zero-order valence-corrected chi connectivity index (χ0v) is 9.24. The highest BCUT2D eigenvalue weighted by molar-refractivity contribution is 7.13. The molecule has 0 spiro atoms. The fourth-order valence-electron chi connectivity index (χ4n) is 1.33. The van der Waals surface area contributed by atoms with Crippen molar-refractivity contribution in [2.24, 2.45) is 0 Å². The maximum absolute atomic E-state index is 9.24. The van der Waals surface area contributed by atoms with Crippen molar-refractivity contribution in [1.29, 1.82) is 0 Å². The summed E-state index contributed by atoms with van der Waals surface area (Å²) in [6, 6.07) is 3.87. The number of nitrogens with zero attached hydrogens (tertiary/aromatic N) is 2. The minimum Gasteiger partial charge on any atom is -0.393 e. The first-order chi connectivity index (χ1) is 7.25. The first kappa shape index (κ1) is 10.3. The van der Waals surface area contributed by atoms with E-state index in [4.69, 9.17) is 0 Å². The molecule has 1 unspecified atom stereocenters. The van der Waals surface area contributed by atoms with Crippen LogP contribution in [0.3, 0.4) is 0 Å². The molecule has 0 aliphatic heterocycles. The molecule has 1 N–H and O–H groups in total. The molecule has 0 saturated heterocycles. The summed E-state index contributed by atoms with van der Waals surface area (Å²) in [7, 11) is 0. The molecule has 1 atom stereocenters. The second kappa shape index (κ2) is 4.51. The molecule has 0 fully saturated rings. The fourth-order valence-corrected chi connectivity index (χ4v) is 2.17. The third-order valence-electron chi connectivity index (χ3n) is 1.98. The molecule has 2 rings (SSSR count). The first-order valence-electron chi connectivity index (χ1n) is 4.78. The standard InChI is InChI=1S/C11H12N2OS/c1-8(14)6-10-7-15-11(13-10)9-2-4-12-5-3-9/h2-5,7-8,14H,6H2,1H3. The third kappa shape index (κ3) is 2.61. The van der Waals surface area contributed by atoms with E-state index in [1.54, 1.807) is 30.7 Å². The summed E-state index contributed by atoms with van der Waals surface area (Å²) >= 11 is 1.59. The van der Waals surface area contributed by atoms with Gasteiger partial charge in [0, 0.05) is 29.8 Å². The number of hydrogen-bond donors (Lipinski definition) is 1. The van der Waals surface area contributed by atoms with E-state index in [0.717, 1.165) is 16.3 Å². The summed E-state index contributed by atoms with van der Waals surface area (Å²) in [5.41, 5.74) is 2.02. The molecule has 4 heteroatoms. The molecule has 2 aromatic rings. The largest absolute Gasteiger partial charge is 0.393 e. The Hall–Kier alpha value is -1.26. The Kier molecular flexibility index (Phi) is 3.08. The zero-order chi connectivity index (χ0) is 10.7. The van der Waals surface area contributed by atoms with Gasteiger partial charge < -0.3 is 5.11 Å². The second-order valence-corrected chi connectivity index (χ2v) is 4.29. The van der Waals surface area contributed by atoms with Gasteiger partial charge in [-0.25, -0.2) is 4.98 Å². The van der Waals surface area contributed by atoms with Crippen molar-refractivity contribution in [3.63, 3.8) is 0 Å². The van der Waals surface area contributed by atoms with Gasteiger partial charge in [0.05, 0.1) is 11.8 Å². The van der Waals surface area contributed by atoms with Crippen molar-refractivity contribution in [2.75, 3.05) is 0 Å². The van der Waals surface area contributed by atoms with E-state index < -0.39 is 0 Å². The number of pyridine rings is 1. The van der Waals surface area contributed by atoms with Gasteiger partial charge in [0.1, 0.15) is 5.01 Å². The number of aliphatic hydroxyl groups is 1. The van der Waals surface area contributed by atoms with Crippen LogP contribution in [0.1, 0.15) is 12.6 Å². The molecular weight excluding hydrogens is 208 g/mol. The van der Waals surface area contributed by atoms with E-state index in [9.17, 15) is 5.11 Å². The van der Waals surface area contributed by atoms with Gasteiger partial charge in [0.25, 0.3) is 0 Å². The quantitative estimate of drug-likeness (QED) is 0.862. The molecule has 0 amide bonds. The summed E-state index contributed by atoms with van der Waals surface area (Å²) < 4.78 is 0. The Bertz CT molecular complexity index is 425. The molecule has 0 aliphatic carbocycles. The topological polar surface area (TPSA) is 46.0 Å². The number of hydrogen-bond acceptors (Lipinski definition) is 4. The van der Waals surface area contributed by atoms with Crippen LogP contribution >= 0.6 is 11.3 Å².